The van der Waals surface area contributed by atoms with Crippen LogP contribution in [0.4, 0.5) is 0 Å². The SMILES string of the molecule is Cc1cc(CN2CC(C)NCC2C(C)C)sc1C. The molecule has 3 heteroatoms. The molecule has 0 bridgehead atoms. The van der Waals surface area contributed by atoms with Gasteiger partial charge in [0, 0.05) is 41.5 Å². The molecule has 2 heterocycles. The molecule has 1 aliphatic rings. The Morgan fingerprint density at radius 2 is 2.17 bits per heavy atom. The number of hydrogen-bond donors (Lipinski definition) is 1. The minimum Gasteiger partial charge on any atom is -0.311 e. The van der Waals surface area contributed by atoms with Gasteiger partial charge in [-0.15, -0.1) is 11.3 Å². The molecular weight excluding hydrogens is 240 g/mol. The quantitative estimate of drug-likeness (QED) is 0.904. The molecule has 1 fully saturated rings. The van der Waals surface area contributed by atoms with Crippen molar-refractivity contribution in [3.63, 3.8) is 0 Å². The van der Waals surface area contributed by atoms with Gasteiger partial charge in [0.2, 0.25) is 0 Å². The van der Waals surface area contributed by atoms with E-state index in [-0.39, 0.29) is 0 Å². The zero-order valence-electron chi connectivity index (χ0n) is 12.3. The highest BCUT2D eigenvalue weighted by Gasteiger charge is 2.28. The van der Waals surface area contributed by atoms with Crippen LogP contribution in [0.3, 0.4) is 0 Å². The van der Waals surface area contributed by atoms with Crippen LogP contribution in [-0.2, 0) is 6.54 Å². The maximum Gasteiger partial charge on any atom is 0.0332 e. The minimum atomic E-state index is 0.613. The van der Waals surface area contributed by atoms with E-state index in [0.717, 1.165) is 13.1 Å². The normalized spacial score (nSPS) is 25.9. The van der Waals surface area contributed by atoms with Gasteiger partial charge >= 0.3 is 0 Å². The first-order valence-corrected chi connectivity index (χ1v) is 7.82. The molecule has 0 saturated carbocycles. The van der Waals surface area contributed by atoms with Crippen molar-refractivity contribution in [2.75, 3.05) is 13.1 Å². The zero-order valence-corrected chi connectivity index (χ0v) is 13.1. The van der Waals surface area contributed by atoms with Gasteiger partial charge in [0.15, 0.2) is 0 Å². The largest absolute Gasteiger partial charge is 0.311 e. The summed E-state index contributed by atoms with van der Waals surface area (Å²) < 4.78 is 0. The molecule has 1 N–H and O–H groups in total. The molecule has 0 spiro atoms. The lowest BCUT2D eigenvalue weighted by Crippen LogP contribution is -2.56. The van der Waals surface area contributed by atoms with Gasteiger partial charge < -0.3 is 5.32 Å². The first-order valence-electron chi connectivity index (χ1n) is 7.00. The van der Waals surface area contributed by atoms with E-state index in [0.29, 0.717) is 18.0 Å². The fourth-order valence-electron chi connectivity index (χ4n) is 2.77. The molecule has 2 rings (SSSR count). The fraction of sp³-hybridized carbons (Fsp3) is 0.733. The zero-order chi connectivity index (χ0) is 13.3. The Balaban J connectivity index is 2.08. The standard InChI is InChI=1S/C15H26N2S/c1-10(2)15-7-16-12(4)8-17(15)9-14-6-11(3)13(5)18-14/h6,10,12,15-16H,7-9H2,1-5H3. The summed E-state index contributed by atoms with van der Waals surface area (Å²) in [6.07, 6.45) is 0. The summed E-state index contributed by atoms with van der Waals surface area (Å²) in [7, 11) is 0. The molecule has 18 heavy (non-hydrogen) atoms. The van der Waals surface area contributed by atoms with E-state index in [1.54, 1.807) is 0 Å². The predicted octanol–water partition coefficient (Wildman–Crippen LogP) is 3.18. The van der Waals surface area contributed by atoms with Gasteiger partial charge in [-0.3, -0.25) is 4.90 Å². The van der Waals surface area contributed by atoms with Crippen LogP contribution in [-0.4, -0.2) is 30.1 Å². The predicted molar refractivity (Wildman–Crippen MR) is 80.3 cm³/mol. The monoisotopic (exact) mass is 266 g/mol. The minimum absolute atomic E-state index is 0.613. The lowest BCUT2D eigenvalue weighted by Gasteiger charge is -2.41. The second-order valence-electron chi connectivity index (χ2n) is 6.00. The van der Waals surface area contributed by atoms with Crippen molar-refractivity contribution in [2.24, 2.45) is 5.92 Å². The van der Waals surface area contributed by atoms with Gasteiger partial charge in [0.25, 0.3) is 0 Å². The second-order valence-corrected chi connectivity index (χ2v) is 7.34. The van der Waals surface area contributed by atoms with E-state index in [2.05, 4.69) is 50.9 Å². The first-order chi connectivity index (χ1) is 8.47. The summed E-state index contributed by atoms with van der Waals surface area (Å²) in [6.45, 7) is 14.8. The molecule has 0 radical (unpaired) electrons. The molecular formula is C15H26N2S. The molecule has 0 aliphatic carbocycles. The van der Waals surface area contributed by atoms with Crippen LogP contribution < -0.4 is 5.32 Å². The summed E-state index contributed by atoms with van der Waals surface area (Å²) in [5.41, 5.74) is 1.44. The van der Waals surface area contributed by atoms with E-state index >= 15 is 0 Å². The molecule has 2 unspecified atom stereocenters. The molecule has 1 saturated heterocycles. The smallest absolute Gasteiger partial charge is 0.0332 e. The molecule has 1 aliphatic heterocycles. The number of piperazine rings is 1. The van der Waals surface area contributed by atoms with Crippen LogP contribution in [0, 0.1) is 19.8 Å². The molecule has 0 amide bonds. The fourth-order valence-corrected chi connectivity index (χ4v) is 3.85. The molecule has 1 aromatic heterocycles. The second kappa shape index (κ2) is 5.72. The Kier molecular flexibility index (Phi) is 4.46. The van der Waals surface area contributed by atoms with Crippen molar-refractivity contribution in [1.29, 1.82) is 0 Å². The maximum atomic E-state index is 3.61. The summed E-state index contributed by atoms with van der Waals surface area (Å²) in [6, 6.07) is 3.65. The Bertz CT molecular complexity index is 378. The highest BCUT2D eigenvalue weighted by molar-refractivity contribution is 7.12. The summed E-state index contributed by atoms with van der Waals surface area (Å²) in [5, 5.41) is 3.61. The van der Waals surface area contributed by atoms with Gasteiger partial charge in [-0.2, -0.15) is 0 Å². The van der Waals surface area contributed by atoms with Crippen molar-refractivity contribution in [2.45, 2.75) is 53.2 Å². The van der Waals surface area contributed by atoms with Gasteiger partial charge in [0.1, 0.15) is 0 Å². The summed E-state index contributed by atoms with van der Waals surface area (Å²) in [4.78, 5) is 5.65. The average Bonchev–Trinajstić information content (AvgIpc) is 2.57. The van der Waals surface area contributed by atoms with Gasteiger partial charge in [0.05, 0.1) is 0 Å². The van der Waals surface area contributed by atoms with E-state index in [4.69, 9.17) is 0 Å². The van der Waals surface area contributed by atoms with Gasteiger partial charge in [-0.1, -0.05) is 13.8 Å². The maximum absolute atomic E-state index is 3.61. The third-order valence-electron chi connectivity index (χ3n) is 4.00. The lowest BCUT2D eigenvalue weighted by molar-refractivity contribution is 0.0966. The van der Waals surface area contributed by atoms with Crippen LogP contribution >= 0.6 is 11.3 Å². The van der Waals surface area contributed by atoms with Crippen molar-refractivity contribution in [3.8, 4) is 0 Å². The van der Waals surface area contributed by atoms with Crippen molar-refractivity contribution in [3.05, 3.63) is 21.4 Å². The highest BCUT2D eigenvalue weighted by Crippen LogP contribution is 2.25. The van der Waals surface area contributed by atoms with E-state index in [1.807, 2.05) is 11.3 Å². The number of nitrogens with one attached hydrogen (secondary N) is 1. The number of thiophene rings is 1. The third-order valence-corrected chi connectivity index (χ3v) is 5.14. The van der Waals surface area contributed by atoms with Crippen LogP contribution in [0.2, 0.25) is 0 Å². The number of nitrogens with zero attached hydrogens (tertiary/aromatic N) is 1. The van der Waals surface area contributed by atoms with E-state index in [9.17, 15) is 0 Å². The van der Waals surface area contributed by atoms with Crippen molar-refractivity contribution >= 4 is 11.3 Å². The topological polar surface area (TPSA) is 15.3 Å². The van der Waals surface area contributed by atoms with Gasteiger partial charge in [-0.05, 0) is 38.3 Å². The van der Waals surface area contributed by atoms with E-state index < -0.39 is 0 Å². The van der Waals surface area contributed by atoms with Crippen LogP contribution in [0.15, 0.2) is 6.07 Å². The first kappa shape index (κ1) is 14.0. The lowest BCUT2D eigenvalue weighted by atomic mass is 9.98. The average molecular weight is 266 g/mol. The molecule has 1 aromatic rings. The number of aryl methyl sites for hydroxylation is 2. The Morgan fingerprint density at radius 1 is 1.44 bits per heavy atom. The Morgan fingerprint density at radius 3 is 2.72 bits per heavy atom. The molecule has 0 aromatic carbocycles. The van der Waals surface area contributed by atoms with Crippen molar-refractivity contribution in [1.82, 2.24) is 10.2 Å². The van der Waals surface area contributed by atoms with Gasteiger partial charge in [-0.25, -0.2) is 0 Å². The Hall–Kier alpha value is -0.380. The third kappa shape index (κ3) is 3.14. The number of rotatable bonds is 3. The number of hydrogen-bond acceptors (Lipinski definition) is 3. The van der Waals surface area contributed by atoms with E-state index in [1.165, 1.54) is 21.9 Å². The van der Waals surface area contributed by atoms with Crippen LogP contribution in [0.25, 0.3) is 0 Å². The van der Waals surface area contributed by atoms with Crippen molar-refractivity contribution < 1.29 is 0 Å². The molecule has 2 nitrogen and oxygen atoms in total. The molecule has 102 valence electrons. The highest BCUT2D eigenvalue weighted by atomic mass is 32.1. The van der Waals surface area contributed by atoms with Crippen LogP contribution in [0.1, 0.15) is 36.1 Å². The van der Waals surface area contributed by atoms with Crippen LogP contribution in [0.5, 0.6) is 0 Å². The Labute approximate surface area is 115 Å². The summed E-state index contributed by atoms with van der Waals surface area (Å²) in [5.74, 6) is 0.715. The molecule has 2 atom stereocenters. The summed E-state index contributed by atoms with van der Waals surface area (Å²) >= 11 is 1.96.